The van der Waals surface area contributed by atoms with Gasteiger partial charge in [-0.05, 0) is 12.8 Å². The van der Waals surface area contributed by atoms with Crippen LogP contribution in [0, 0.1) is 0 Å². The van der Waals surface area contributed by atoms with Crippen molar-refractivity contribution >= 4 is 0 Å². The van der Waals surface area contributed by atoms with Gasteiger partial charge in [0.25, 0.3) is 0 Å². The van der Waals surface area contributed by atoms with Crippen molar-refractivity contribution in [3.63, 3.8) is 0 Å². The van der Waals surface area contributed by atoms with Crippen LogP contribution in [0.2, 0.25) is 0 Å². The summed E-state index contributed by atoms with van der Waals surface area (Å²) in [7, 11) is 0. The molecule has 0 atom stereocenters. The van der Waals surface area contributed by atoms with E-state index in [1.807, 2.05) is 0 Å². The first-order valence-corrected chi connectivity index (χ1v) is 5.05. The average Bonchev–Trinajstić information content (AvgIpc) is 2.93. The van der Waals surface area contributed by atoms with E-state index in [2.05, 4.69) is 10.2 Å². The summed E-state index contributed by atoms with van der Waals surface area (Å²) >= 11 is 0. The van der Waals surface area contributed by atoms with E-state index in [0.717, 1.165) is 19.6 Å². The predicted octanol–water partition coefficient (Wildman–Crippen LogP) is -0.975. The van der Waals surface area contributed by atoms with Gasteiger partial charge in [-0.2, -0.15) is 0 Å². The first-order chi connectivity index (χ1) is 6.38. The monoisotopic (exact) mass is 188 g/mol. The Labute approximate surface area is 79.6 Å². The fourth-order valence-electron chi connectivity index (χ4n) is 1.47. The molecule has 1 saturated carbocycles. The second kappa shape index (κ2) is 6.32. The van der Waals surface area contributed by atoms with Crippen LogP contribution in [-0.2, 0) is 0 Å². The van der Waals surface area contributed by atoms with Crippen LogP contribution in [0.25, 0.3) is 0 Å². The van der Waals surface area contributed by atoms with Crippen LogP contribution >= 0.6 is 0 Å². The SMILES string of the molecule is OCCNCCN(CCO)C1CC1. The Kier molecular flexibility index (Phi) is 5.31. The van der Waals surface area contributed by atoms with Crippen molar-refractivity contribution in [2.75, 3.05) is 39.4 Å². The number of aliphatic hydroxyl groups excluding tert-OH is 2. The molecule has 4 heteroatoms. The second-order valence-electron chi connectivity index (χ2n) is 3.46. The molecule has 0 unspecified atom stereocenters. The Hall–Kier alpha value is -0.160. The largest absolute Gasteiger partial charge is 0.395 e. The van der Waals surface area contributed by atoms with Crippen LogP contribution in [0.5, 0.6) is 0 Å². The van der Waals surface area contributed by atoms with E-state index in [9.17, 15) is 0 Å². The van der Waals surface area contributed by atoms with Gasteiger partial charge < -0.3 is 15.5 Å². The Balaban J connectivity index is 2.00. The summed E-state index contributed by atoms with van der Waals surface area (Å²) in [6, 6.07) is 0.711. The lowest BCUT2D eigenvalue weighted by Crippen LogP contribution is -2.36. The zero-order valence-electron chi connectivity index (χ0n) is 8.08. The molecule has 78 valence electrons. The molecule has 4 nitrogen and oxygen atoms in total. The molecule has 0 aromatic carbocycles. The van der Waals surface area contributed by atoms with E-state index in [1.54, 1.807) is 0 Å². The zero-order valence-corrected chi connectivity index (χ0v) is 8.08. The van der Waals surface area contributed by atoms with Crippen molar-refractivity contribution in [3.05, 3.63) is 0 Å². The maximum atomic E-state index is 8.81. The molecule has 0 spiro atoms. The van der Waals surface area contributed by atoms with Crippen LogP contribution in [0.4, 0.5) is 0 Å². The molecular formula is C9H20N2O2. The highest BCUT2D eigenvalue weighted by Crippen LogP contribution is 2.25. The minimum absolute atomic E-state index is 0.198. The first-order valence-electron chi connectivity index (χ1n) is 5.05. The number of nitrogens with one attached hydrogen (secondary N) is 1. The Bertz CT molecular complexity index is 129. The fraction of sp³-hybridized carbons (Fsp3) is 1.00. The van der Waals surface area contributed by atoms with Gasteiger partial charge in [0.15, 0.2) is 0 Å². The van der Waals surface area contributed by atoms with Crippen LogP contribution in [0.15, 0.2) is 0 Å². The van der Waals surface area contributed by atoms with Gasteiger partial charge in [0.2, 0.25) is 0 Å². The van der Waals surface area contributed by atoms with Crippen LogP contribution in [-0.4, -0.2) is 60.5 Å². The summed E-state index contributed by atoms with van der Waals surface area (Å²) in [5, 5.41) is 20.5. The van der Waals surface area contributed by atoms with Gasteiger partial charge in [-0.25, -0.2) is 0 Å². The van der Waals surface area contributed by atoms with Gasteiger partial charge in [-0.15, -0.1) is 0 Å². The van der Waals surface area contributed by atoms with Gasteiger partial charge in [0.05, 0.1) is 13.2 Å². The molecule has 0 bridgehead atoms. The van der Waals surface area contributed by atoms with E-state index < -0.39 is 0 Å². The molecule has 0 aromatic heterocycles. The number of aliphatic hydroxyl groups is 2. The van der Waals surface area contributed by atoms with Crippen molar-refractivity contribution in [2.45, 2.75) is 18.9 Å². The third kappa shape index (κ3) is 4.57. The van der Waals surface area contributed by atoms with E-state index >= 15 is 0 Å². The highest BCUT2D eigenvalue weighted by atomic mass is 16.3. The number of hydrogen-bond donors (Lipinski definition) is 3. The van der Waals surface area contributed by atoms with E-state index in [4.69, 9.17) is 10.2 Å². The molecule has 0 radical (unpaired) electrons. The maximum absolute atomic E-state index is 8.81. The fourth-order valence-corrected chi connectivity index (χ4v) is 1.47. The highest BCUT2D eigenvalue weighted by molar-refractivity contribution is 4.84. The third-order valence-corrected chi connectivity index (χ3v) is 2.31. The highest BCUT2D eigenvalue weighted by Gasteiger charge is 2.27. The maximum Gasteiger partial charge on any atom is 0.0558 e. The van der Waals surface area contributed by atoms with Crippen molar-refractivity contribution in [1.82, 2.24) is 10.2 Å². The minimum atomic E-state index is 0.198. The molecule has 0 amide bonds. The van der Waals surface area contributed by atoms with E-state index in [-0.39, 0.29) is 13.2 Å². The number of hydrogen-bond acceptors (Lipinski definition) is 4. The summed E-state index contributed by atoms with van der Waals surface area (Å²) in [6.45, 7) is 3.77. The summed E-state index contributed by atoms with van der Waals surface area (Å²) in [4.78, 5) is 2.31. The van der Waals surface area contributed by atoms with Gasteiger partial charge in [-0.1, -0.05) is 0 Å². The third-order valence-electron chi connectivity index (χ3n) is 2.31. The topological polar surface area (TPSA) is 55.7 Å². The molecule has 0 heterocycles. The lowest BCUT2D eigenvalue weighted by Gasteiger charge is -2.20. The lowest BCUT2D eigenvalue weighted by molar-refractivity contribution is 0.188. The quantitative estimate of drug-likeness (QED) is 0.429. The number of nitrogens with zero attached hydrogens (tertiary/aromatic N) is 1. The molecule has 1 aliphatic rings. The van der Waals surface area contributed by atoms with Crippen molar-refractivity contribution in [2.24, 2.45) is 0 Å². The Morgan fingerprint density at radius 3 is 2.38 bits per heavy atom. The molecule has 0 saturated heterocycles. The first kappa shape index (κ1) is 10.9. The summed E-state index contributed by atoms with van der Waals surface area (Å²) in [6.07, 6.45) is 2.56. The van der Waals surface area contributed by atoms with E-state index in [1.165, 1.54) is 12.8 Å². The van der Waals surface area contributed by atoms with Crippen molar-refractivity contribution in [1.29, 1.82) is 0 Å². The summed E-state index contributed by atoms with van der Waals surface area (Å²) in [5.74, 6) is 0. The average molecular weight is 188 g/mol. The standard InChI is InChI=1S/C9H20N2O2/c12-7-4-10-3-5-11(6-8-13)9-1-2-9/h9-10,12-13H,1-8H2. The smallest absolute Gasteiger partial charge is 0.0558 e. The molecule has 0 aliphatic heterocycles. The van der Waals surface area contributed by atoms with Crippen molar-refractivity contribution in [3.8, 4) is 0 Å². The van der Waals surface area contributed by atoms with Crippen molar-refractivity contribution < 1.29 is 10.2 Å². The van der Waals surface area contributed by atoms with Gasteiger partial charge in [-0.3, -0.25) is 4.90 Å². The van der Waals surface area contributed by atoms with Gasteiger partial charge in [0, 0.05) is 32.2 Å². The van der Waals surface area contributed by atoms with Gasteiger partial charge >= 0.3 is 0 Å². The summed E-state index contributed by atoms with van der Waals surface area (Å²) in [5.41, 5.74) is 0. The molecule has 0 aromatic rings. The molecule has 1 fully saturated rings. The molecule has 1 aliphatic carbocycles. The minimum Gasteiger partial charge on any atom is -0.395 e. The van der Waals surface area contributed by atoms with Crippen LogP contribution in [0.3, 0.4) is 0 Å². The predicted molar refractivity (Wildman–Crippen MR) is 51.6 cm³/mol. The molecular weight excluding hydrogens is 168 g/mol. The Morgan fingerprint density at radius 2 is 1.85 bits per heavy atom. The van der Waals surface area contributed by atoms with Crippen LogP contribution in [0.1, 0.15) is 12.8 Å². The molecule has 1 rings (SSSR count). The lowest BCUT2D eigenvalue weighted by atomic mass is 10.4. The van der Waals surface area contributed by atoms with E-state index in [0.29, 0.717) is 12.6 Å². The summed E-state index contributed by atoms with van der Waals surface area (Å²) < 4.78 is 0. The second-order valence-corrected chi connectivity index (χ2v) is 3.46. The number of rotatable bonds is 8. The molecule has 3 N–H and O–H groups in total. The van der Waals surface area contributed by atoms with Crippen LogP contribution < -0.4 is 5.32 Å². The molecule has 13 heavy (non-hydrogen) atoms. The van der Waals surface area contributed by atoms with Gasteiger partial charge in [0.1, 0.15) is 0 Å². The Morgan fingerprint density at radius 1 is 1.08 bits per heavy atom. The zero-order chi connectivity index (χ0) is 9.52. The normalized spacial score (nSPS) is 16.8.